The smallest absolute Gasteiger partial charge is 0.355 e. The van der Waals surface area contributed by atoms with Gasteiger partial charge in [0.1, 0.15) is 10.0 Å². The highest BCUT2D eigenvalue weighted by atomic mass is 32.1. The van der Waals surface area contributed by atoms with E-state index in [1.807, 2.05) is 6.92 Å². The van der Waals surface area contributed by atoms with Crippen LogP contribution in [0, 0.1) is 6.92 Å². The molecule has 0 radical (unpaired) electrons. The van der Waals surface area contributed by atoms with E-state index in [2.05, 4.69) is 20.6 Å². The van der Waals surface area contributed by atoms with Gasteiger partial charge in [-0.3, -0.25) is 0 Å². The molecule has 1 atom stereocenters. The van der Waals surface area contributed by atoms with E-state index in [0.717, 1.165) is 9.88 Å². The highest BCUT2D eigenvalue weighted by Crippen LogP contribution is 2.18. The standard InChI is InChI=1S/C12H14N4O3S2/c1-6-3-13-9(21-6)4-14-12(19)15-7(2)10-16-8(5-20-10)11(17)18/h3,5,7H,4H2,1-2H3,(H,17,18)(H2,14,15,19). The van der Waals surface area contributed by atoms with Gasteiger partial charge in [-0.05, 0) is 13.8 Å². The van der Waals surface area contributed by atoms with Crippen molar-refractivity contribution in [1.82, 2.24) is 20.6 Å². The molecule has 0 aliphatic rings. The number of amides is 2. The third-order valence-electron chi connectivity index (χ3n) is 2.53. The first-order chi connectivity index (χ1) is 9.95. The van der Waals surface area contributed by atoms with Gasteiger partial charge in [0.15, 0.2) is 5.69 Å². The van der Waals surface area contributed by atoms with Crippen LogP contribution in [-0.4, -0.2) is 27.1 Å². The molecule has 0 saturated carbocycles. The Kier molecular flexibility index (Phi) is 4.86. The average molecular weight is 326 g/mol. The van der Waals surface area contributed by atoms with E-state index in [4.69, 9.17) is 5.11 Å². The Balaban J connectivity index is 1.85. The molecule has 2 aromatic heterocycles. The van der Waals surface area contributed by atoms with Gasteiger partial charge in [0.25, 0.3) is 0 Å². The molecule has 2 heterocycles. The summed E-state index contributed by atoms with van der Waals surface area (Å²) in [6.07, 6.45) is 1.76. The van der Waals surface area contributed by atoms with E-state index < -0.39 is 5.97 Å². The number of aromatic nitrogens is 2. The second kappa shape index (κ2) is 6.64. The lowest BCUT2D eigenvalue weighted by Crippen LogP contribution is -2.36. The second-order valence-electron chi connectivity index (χ2n) is 4.29. The molecule has 0 aliphatic carbocycles. The molecular weight excluding hydrogens is 312 g/mol. The third-order valence-corrected chi connectivity index (χ3v) is 4.47. The number of carbonyl (C=O) groups excluding carboxylic acids is 1. The number of urea groups is 1. The maximum Gasteiger partial charge on any atom is 0.355 e. The minimum atomic E-state index is -1.08. The molecular formula is C12H14N4O3S2. The average Bonchev–Trinajstić information content (AvgIpc) is 3.05. The molecule has 21 heavy (non-hydrogen) atoms. The fourth-order valence-electron chi connectivity index (χ4n) is 1.53. The van der Waals surface area contributed by atoms with E-state index in [-0.39, 0.29) is 17.8 Å². The number of thiazole rings is 2. The van der Waals surface area contributed by atoms with Crippen molar-refractivity contribution in [2.75, 3.05) is 0 Å². The quantitative estimate of drug-likeness (QED) is 0.781. The number of hydrogen-bond donors (Lipinski definition) is 3. The Bertz CT molecular complexity index is 652. The van der Waals surface area contributed by atoms with Gasteiger partial charge in [-0.15, -0.1) is 22.7 Å². The first-order valence-corrected chi connectivity index (χ1v) is 7.79. The summed E-state index contributed by atoms with van der Waals surface area (Å²) in [7, 11) is 0. The van der Waals surface area contributed by atoms with Crippen LogP contribution in [0.25, 0.3) is 0 Å². The number of rotatable bonds is 5. The Morgan fingerprint density at radius 3 is 2.81 bits per heavy atom. The third kappa shape index (κ3) is 4.23. The molecule has 9 heteroatoms. The van der Waals surface area contributed by atoms with Crippen molar-refractivity contribution in [2.24, 2.45) is 0 Å². The van der Waals surface area contributed by atoms with Crippen molar-refractivity contribution in [3.05, 3.63) is 32.2 Å². The van der Waals surface area contributed by atoms with Crippen molar-refractivity contribution in [1.29, 1.82) is 0 Å². The van der Waals surface area contributed by atoms with Crippen molar-refractivity contribution in [3.8, 4) is 0 Å². The number of hydrogen-bond acceptors (Lipinski definition) is 6. The highest BCUT2D eigenvalue weighted by molar-refractivity contribution is 7.11. The lowest BCUT2D eigenvalue weighted by atomic mass is 10.3. The Labute approximate surface area is 129 Å². The molecule has 2 aromatic rings. The SMILES string of the molecule is Cc1cnc(CNC(=O)NC(C)c2nc(C(=O)O)cs2)s1. The summed E-state index contributed by atoms with van der Waals surface area (Å²) < 4.78 is 0. The van der Waals surface area contributed by atoms with Crippen molar-refractivity contribution < 1.29 is 14.7 Å². The maximum atomic E-state index is 11.8. The summed E-state index contributed by atoms with van der Waals surface area (Å²) in [4.78, 5) is 31.7. The van der Waals surface area contributed by atoms with Crippen LogP contribution >= 0.6 is 22.7 Å². The van der Waals surface area contributed by atoms with Gasteiger partial charge in [-0.25, -0.2) is 19.6 Å². The number of nitrogens with zero attached hydrogens (tertiary/aromatic N) is 2. The molecule has 0 fully saturated rings. The fraction of sp³-hybridized carbons (Fsp3) is 0.333. The molecule has 0 bridgehead atoms. The van der Waals surface area contributed by atoms with Crippen LogP contribution in [0.3, 0.4) is 0 Å². The van der Waals surface area contributed by atoms with Gasteiger partial charge >= 0.3 is 12.0 Å². The first-order valence-electron chi connectivity index (χ1n) is 6.10. The number of carboxylic acids is 1. The molecule has 7 nitrogen and oxygen atoms in total. The van der Waals surface area contributed by atoms with Gasteiger partial charge in [0, 0.05) is 16.5 Å². The Morgan fingerprint density at radius 1 is 1.48 bits per heavy atom. The normalized spacial score (nSPS) is 11.9. The fourth-order valence-corrected chi connectivity index (χ4v) is 3.06. The first kappa shape index (κ1) is 15.4. The minimum Gasteiger partial charge on any atom is -0.476 e. The molecule has 2 rings (SSSR count). The second-order valence-corrected chi connectivity index (χ2v) is 6.50. The van der Waals surface area contributed by atoms with E-state index in [1.165, 1.54) is 28.1 Å². The van der Waals surface area contributed by atoms with Crippen LogP contribution in [0.1, 0.15) is 38.3 Å². The van der Waals surface area contributed by atoms with Crippen LogP contribution in [-0.2, 0) is 6.54 Å². The number of aryl methyl sites for hydroxylation is 1. The zero-order chi connectivity index (χ0) is 15.4. The number of carbonyl (C=O) groups is 2. The van der Waals surface area contributed by atoms with Gasteiger partial charge in [-0.1, -0.05) is 0 Å². The monoisotopic (exact) mass is 326 g/mol. The molecule has 0 aromatic carbocycles. The summed E-state index contributed by atoms with van der Waals surface area (Å²) in [6, 6.07) is -0.705. The molecule has 0 spiro atoms. The number of nitrogens with one attached hydrogen (secondary N) is 2. The van der Waals surface area contributed by atoms with Crippen LogP contribution in [0.2, 0.25) is 0 Å². The van der Waals surface area contributed by atoms with Crippen LogP contribution < -0.4 is 10.6 Å². The lowest BCUT2D eigenvalue weighted by molar-refractivity contribution is 0.0691. The summed E-state index contributed by atoms with van der Waals surface area (Å²) in [5.74, 6) is -1.08. The zero-order valence-corrected chi connectivity index (χ0v) is 13.0. The molecule has 112 valence electrons. The number of aromatic carboxylic acids is 1. The lowest BCUT2D eigenvalue weighted by Gasteiger charge is -2.11. The zero-order valence-electron chi connectivity index (χ0n) is 11.4. The summed E-state index contributed by atoms with van der Waals surface area (Å²) in [5.41, 5.74) is -0.0117. The molecule has 0 saturated heterocycles. The van der Waals surface area contributed by atoms with E-state index >= 15 is 0 Å². The van der Waals surface area contributed by atoms with Crippen molar-refractivity contribution >= 4 is 34.7 Å². The topological polar surface area (TPSA) is 104 Å². The Morgan fingerprint density at radius 2 is 2.24 bits per heavy atom. The minimum absolute atomic E-state index is 0.0117. The van der Waals surface area contributed by atoms with Gasteiger partial charge in [0.2, 0.25) is 0 Å². The Hall–Kier alpha value is -2.00. The number of carboxylic acid groups (broad SMARTS) is 1. The van der Waals surface area contributed by atoms with Gasteiger partial charge in [0.05, 0.1) is 12.6 Å². The largest absolute Gasteiger partial charge is 0.476 e. The molecule has 3 N–H and O–H groups in total. The van der Waals surface area contributed by atoms with Crippen molar-refractivity contribution in [2.45, 2.75) is 26.4 Å². The predicted molar refractivity (Wildman–Crippen MR) is 79.7 cm³/mol. The molecule has 0 aliphatic heterocycles. The summed E-state index contributed by atoms with van der Waals surface area (Å²) in [5, 5.41) is 17.1. The van der Waals surface area contributed by atoms with Crippen LogP contribution in [0.5, 0.6) is 0 Å². The molecule has 1 unspecified atom stereocenters. The van der Waals surface area contributed by atoms with Crippen molar-refractivity contribution in [3.63, 3.8) is 0 Å². The predicted octanol–water partition coefficient (Wildman–Crippen LogP) is 2.17. The maximum absolute atomic E-state index is 11.8. The summed E-state index contributed by atoms with van der Waals surface area (Å²) in [6.45, 7) is 4.05. The van der Waals surface area contributed by atoms with E-state index in [0.29, 0.717) is 11.6 Å². The summed E-state index contributed by atoms with van der Waals surface area (Å²) >= 11 is 2.72. The van der Waals surface area contributed by atoms with E-state index in [1.54, 1.807) is 13.1 Å². The van der Waals surface area contributed by atoms with E-state index in [9.17, 15) is 9.59 Å². The van der Waals surface area contributed by atoms with Gasteiger partial charge < -0.3 is 15.7 Å². The molecule has 2 amide bonds. The highest BCUT2D eigenvalue weighted by Gasteiger charge is 2.15. The van der Waals surface area contributed by atoms with Gasteiger partial charge in [-0.2, -0.15) is 0 Å². The van der Waals surface area contributed by atoms with Crippen LogP contribution in [0.4, 0.5) is 4.79 Å². The van der Waals surface area contributed by atoms with Crippen LogP contribution in [0.15, 0.2) is 11.6 Å².